The summed E-state index contributed by atoms with van der Waals surface area (Å²) >= 11 is 0. The number of rotatable bonds is 13. The molecule has 16 heteroatoms. The van der Waals surface area contributed by atoms with E-state index in [0.29, 0.717) is 70.5 Å². The molecule has 2 heterocycles. The van der Waals surface area contributed by atoms with Crippen LogP contribution in [0.5, 0.6) is 23.0 Å². The lowest BCUT2D eigenvalue weighted by atomic mass is 9.86. The zero-order chi connectivity index (χ0) is 43.6. The van der Waals surface area contributed by atoms with E-state index in [1.807, 2.05) is 65.8 Å². The van der Waals surface area contributed by atoms with Gasteiger partial charge in [-0.15, -0.1) is 0 Å². The molecule has 1 atom stereocenters. The number of primary amides is 1. The largest absolute Gasteiger partial charge is 0.496 e. The van der Waals surface area contributed by atoms with Crippen LogP contribution in [-0.2, 0) is 20.2 Å². The second-order valence-corrected chi connectivity index (χ2v) is 18.0. The van der Waals surface area contributed by atoms with Gasteiger partial charge in [0.05, 0.1) is 61.5 Å². The van der Waals surface area contributed by atoms with E-state index in [9.17, 15) is 18.0 Å². The van der Waals surface area contributed by atoms with Crippen molar-refractivity contribution in [2.75, 3.05) is 55.1 Å². The first-order valence-electron chi connectivity index (χ1n) is 19.4. The van der Waals surface area contributed by atoms with Crippen molar-refractivity contribution in [3.8, 4) is 23.0 Å². The number of hydrogen-bond acceptors (Lipinski definition) is 11. The van der Waals surface area contributed by atoms with E-state index in [4.69, 9.17) is 24.7 Å². The van der Waals surface area contributed by atoms with Crippen molar-refractivity contribution < 1.29 is 37.0 Å². The van der Waals surface area contributed by atoms with Gasteiger partial charge in [0.2, 0.25) is 10.0 Å². The average molecular weight is 840 g/mol. The number of hydrogen-bond donors (Lipinski definition) is 4. The number of benzene rings is 4. The van der Waals surface area contributed by atoms with Gasteiger partial charge in [0.1, 0.15) is 23.1 Å². The lowest BCUT2D eigenvalue weighted by Gasteiger charge is -2.41. The Balaban J connectivity index is 1.27. The molecule has 15 nitrogen and oxygen atoms in total. The summed E-state index contributed by atoms with van der Waals surface area (Å²) in [6.07, 6.45) is 2.44. The second-order valence-electron chi connectivity index (χ2n) is 16.2. The average Bonchev–Trinajstić information content (AvgIpc) is 3.17. The smallest absolute Gasteiger partial charge is 0.324 e. The maximum atomic E-state index is 13.4. The minimum Gasteiger partial charge on any atom is -0.496 e. The Hall–Kier alpha value is -6.10. The number of aromatic nitrogens is 1. The number of ether oxygens (including phenoxy) is 4. The van der Waals surface area contributed by atoms with Crippen LogP contribution in [-0.4, -0.2) is 82.2 Å². The molecule has 1 aliphatic heterocycles. The van der Waals surface area contributed by atoms with Crippen LogP contribution in [0.3, 0.4) is 0 Å². The number of nitrogens with zero attached hydrogens (tertiary/aromatic N) is 3. The molecule has 0 spiro atoms. The molecule has 1 aliphatic rings. The second kappa shape index (κ2) is 17.2. The highest BCUT2D eigenvalue weighted by Crippen LogP contribution is 2.46. The maximum absolute atomic E-state index is 13.4. The summed E-state index contributed by atoms with van der Waals surface area (Å²) in [4.78, 5) is 34.7. The zero-order valence-electron chi connectivity index (χ0n) is 35.4. The molecule has 60 heavy (non-hydrogen) atoms. The Morgan fingerprint density at radius 1 is 0.950 bits per heavy atom. The lowest BCUT2D eigenvalue weighted by molar-refractivity contribution is -0.0975. The van der Waals surface area contributed by atoms with Crippen molar-refractivity contribution >= 4 is 61.3 Å². The number of nitrogens with two attached hydrogens (primary N) is 1. The number of amides is 3. The summed E-state index contributed by atoms with van der Waals surface area (Å²) in [5, 5.41) is 7.65. The first-order valence-corrected chi connectivity index (χ1v) is 21.3. The Kier molecular flexibility index (Phi) is 12.5. The number of carbonyl (C=O) groups is 2. The van der Waals surface area contributed by atoms with E-state index in [1.165, 1.54) is 19.1 Å². The molecule has 3 amide bonds. The molecule has 1 unspecified atom stereocenters. The van der Waals surface area contributed by atoms with E-state index < -0.39 is 21.5 Å². The Morgan fingerprint density at radius 2 is 1.68 bits per heavy atom. The third kappa shape index (κ3) is 10.0. The van der Waals surface area contributed by atoms with Crippen LogP contribution in [0.2, 0.25) is 0 Å². The van der Waals surface area contributed by atoms with Gasteiger partial charge in [-0.3, -0.25) is 19.3 Å². The molecule has 1 fully saturated rings. The van der Waals surface area contributed by atoms with Crippen LogP contribution in [0.1, 0.15) is 57.5 Å². The van der Waals surface area contributed by atoms with Gasteiger partial charge in [-0.1, -0.05) is 45.0 Å². The van der Waals surface area contributed by atoms with Crippen molar-refractivity contribution in [1.29, 1.82) is 0 Å². The highest BCUT2D eigenvalue weighted by atomic mass is 32.2. The Bertz CT molecular complexity index is 2520. The predicted molar refractivity (Wildman–Crippen MR) is 235 cm³/mol. The molecule has 1 aromatic heterocycles. The van der Waals surface area contributed by atoms with Gasteiger partial charge in [0.25, 0.3) is 5.91 Å². The number of morpholine rings is 1. The first-order chi connectivity index (χ1) is 28.3. The topological polar surface area (TPSA) is 187 Å². The molecular weight excluding hydrogens is 787 g/mol. The fraction of sp³-hybridized carbons (Fsp3) is 0.341. The van der Waals surface area contributed by atoms with Crippen molar-refractivity contribution in [3.05, 3.63) is 96.2 Å². The minimum absolute atomic E-state index is 0.117. The molecule has 5 N–H and O–H groups in total. The number of pyridine rings is 1. The molecule has 4 aromatic carbocycles. The molecule has 0 radical (unpaired) electrons. The summed E-state index contributed by atoms with van der Waals surface area (Å²) in [6.45, 7) is 13.9. The van der Waals surface area contributed by atoms with Gasteiger partial charge in [0.15, 0.2) is 5.75 Å². The lowest BCUT2D eigenvalue weighted by Crippen LogP contribution is -2.56. The highest BCUT2D eigenvalue weighted by Gasteiger charge is 2.31. The summed E-state index contributed by atoms with van der Waals surface area (Å²) in [6, 6.07) is 22.1. The van der Waals surface area contributed by atoms with Crippen LogP contribution >= 0.6 is 0 Å². The number of carbonyl (C=O) groups excluding carboxylic acids is 2. The molecule has 0 aliphatic carbocycles. The normalized spacial score (nSPS) is 14.8. The van der Waals surface area contributed by atoms with Gasteiger partial charge in [-0.25, -0.2) is 18.2 Å². The van der Waals surface area contributed by atoms with Crippen LogP contribution in [0.4, 0.5) is 33.4 Å². The van der Waals surface area contributed by atoms with Gasteiger partial charge >= 0.3 is 6.03 Å². The maximum Gasteiger partial charge on any atom is 0.324 e. The highest BCUT2D eigenvalue weighted by molar-refractivity contribution is 7.92. The van der Waals surface area contributed by atoms with Gasteiger partial charge in [-0.2, -0.15) is 0 Å². The Morgan fingerprint density at radius 3 is 2.33 bits per heavy atom. The number of fused-ring (bicyclic) bond motifs is 1. The molecule has 5 aromatic rings. The molecule has 1 saturated heterocycles. The third-order valence-corrected chi connectivity index (χ3v) is 10.6. The van der Waals surface area contributed by atoms with E-state index in [-0.39, 0.29) is 34.8 Å². The fourth-order valence-electron chi connectivity index (χ4n) is 7.13. The number of methoxy groups -OCH3 is 2. The number of anilines is 5. The van der Waals surface area contributed by atoms with Crippen LogP contribution in [0, 0.1) is 0 Å². The number of urea groups is 1. The molecule has 318 valence electrons. The molecule has 0 saturated carbocycles. The van der Waals surface area contributed by atoms with E-state index in [2.05, 4.69) is 25.2 Å². The van der Waals surface area contributed by atoms with E-state index >= 15 is 0 Å². The monoisotopic (exact) mass is 839 g/mol. The van der Waals surface area contributed by atoms with Gasteiger partial charge in [0, 0.05) is 47.9 Å². The molecule has 6 rings (SSSR count). The minimum atomic E-state index is -3.72. The van der Waals surface area contributed by atoms with Gasteiger partial charge < -0.3 is 35.3 Å². The number of sulfonamides is 1. The first kappa shape index (κ1) is 43.5. The van der Waals surface area contributed by atoms with Crippen molar-refractivity contribution in [3.63, 3.8) is 0 Å². The van der Waals surface area contributed by atoms with E-state index in [1.54, 1.807) is 60.8 Å². The summed E-state index contributed by atoms with van der Waals surface area (Å²) in [7, 11) is -0.810. The van der Waals surface area contributed by atoms with Crippen LogP contribution in [0.25, 0.3) is 10.8 Å². The standard InChI is InChI=1S/C44H53N7O8S/c1-27(50-20-21-58-44(5,6)26-50)47-41(52)33-15-14-29(24-38(33)56-7)48-39-25-30(18-19-46-39)59-37-17-16-35(31-12-10-11-13-32(31)37)51(42(45)53)36-23-28(43(2,3)4)22-34(40(36)57-8)49-60(9,54)55/h10-19,22-25,27,49H,20-21,26H2,1-9H3,(H2,45,53)(H,46,48)(H,47,52). The van der Waals surface area contributed by atoms with E-state index in [0.717, 1.165) is 11.8 Å². The molecule has 0 bridgehead atoms. The summed E-state index contributed by atoms with van der Waals surface area (Å²) in [5.41, 5.74) is 7.97. The zero-order valence-corrected chi connectivity index (χ0v) is 36.2. The van der Waals surface area contributed by atoms with Crippen LogP contribution in [0.15, 0.2) is 85.1 Å². The summed E-state index contributed by atoms with van der Waals surface area (Å²) < 4.78 is 51.0. The quantitative estimate of drug-likeness (QED) is 0.0904. The summed E-state index contributed by atoms with van der Waals surface area (Å²) in [5.74, 6) is 1.68. The van der Waals surface area contributed by atoms with Gasteiger partial charge in [-0.05, 0) is 74.2 Å². The number of nitrogens with one attached hydrogen (secondary N) is 3. The van der Waals surface area contributed by atoms with Crippen molar-refractivity contribution in [2.45, 2.75) is 58.7 Å². The predicted octanol–water partition coefficient (Wildman–Crippen LogP) is 7.86. The fourth-order valence-corrected chi connectivity index (χ4v) is 7.68. The third-order valence-electron chi connectivity index (χ3n) is 10.0. The van der Waals surface area contributed by atoms with Crippen molar-refractivity contribution in [2.24, 2.45) is 5.73 Å². The van der Waals surface area contributed by atoms with Crippen LogP contribution < -0.4 is 40.2 Å². The SMILES string of the molecule is COc1cc(Nc2cc(Oc3ccc(N(C(N)=O)c4cc(C(C)(C)C)cc(NS(C)(=O)=O)c4OC)c4ccccc34)ccn2)ccc1C(=O)NC(C)N1CCOC(C)(C)C1. The molecular formula is C44H53N7O8S. The Labute approximate surface area is 351 Å². The van der Waals surface area contributed by atoms with Crippen molar-refractivity contribution in [1.82, 2.24) is 15.2 Å².